The van der Waals surface area contributed by atoms with Crippen LogP contribution in [0.5, 0.6) is 0 Å². The number of aromatic nitrogens is 3. The summed E-state index contributed by atoms with van der Waals surface area (Å²) in [6.45, 7) is 2.73. The standard InChI is InChI=1S/C19H18ClN5OS/c1-12(18-23-15(11-27-18)13-4-6-14(20)7-5-13)22-19-21-9-8-16(24-19)25-10-2-3-17(25)26/h4-9,11-12H,2-3,10H2,1H3,(H,21,22,24)/t12-/m0/s1. The van der Waals surface area contributed by atoms with Crippen molar-refractivity contribution in [2.45, 2.75) is 25.8 Å². The van der Waals surface area contributed by atoms with Gasteiger partial charge in [-0.15, -0.1) is 11.3 Å². The maximum Gasteiger partial charge on any atom is 0.228 e. The molecule has 4 rings (SSSR count). The van der Waals surface area contributed by atoms with Gasteiger partial charge in [-0.2, -0.15) is 4.98 Å². The van der Waals surface area contributed by atoms with Gasteiger partial charge in [0, 0.05) is 35.1 Å². The van der Waals surface area contributed by atoms with E-state index in [2.05, 4.69) is 15.3 Å². The van der Waals surface area contributed by atoms with Crippen molar-refractivity contribution < 1.29 is 4.79 Å². The topological polar surface area (TPSA) is 71.0 Å². The van der Waals surface area contributed by atoms with E-state index in [0.717, 1.165) is 22.7 Å². The summed E-state index contributed by atoms with van der Waals surface area (Å²) in [7, 11) is 0. The second kappa shape index (κ2) is 7.62. The molecule has 27 heavy (non-hydrogen) atoms. The number of nitrogens with one attached hydrogen (secondary N) is 1. The minimum Gasteiger partial charge on any atom is -0.345 e. The average Bonchev–Trinajstić information content (AvgIpc) is 3.32. The molecule has 1 aliphatic heterocycles. The number of thiazole rings is 1. The summed E-state index contributed by atoms with van der Waals surface area (Å²) in [5, 5.41) is 6.94. The second-order valence-corrected chi connectivity index (χ2v) is 7.66. The Labute approximate surface area is 166 Å². The van der Waals surface area contributed by atoms with Crippen LogP contribution in [0.15, 0.2) is 41.9 Å². The summed E-state index contributed by atoms with van der Waals surface area (Å²) in [4.78, 5) is 27.1. The lowest BCUT2D eigenvalue weighted by Gasteiger charge is -2.16. The molecule has 1 saturated heterocycles. The number of halogens is 1. The molecule has 1 amide bonds. The fourth-order valence-corrected chi connectivity index (χ4v) is 3.92. The van der Waals surface area contributed by atoms with Crippen LogP contribution < -0.4 is 10.2 Å². The zero-order valence-corrected chi connectivity index (χ0v) is 16.3. The van der Waals surface area contributed by atoms with Gasteiger partial charge in [0.05, 0.1) is 11.7 Å². The number of hydrogen-bond acceptors (Lipinski definition) is 6. The van der Waals surface area contributed by atoms with Gasteiger partial charge in [0.1, 0.15) is 10.8 Å². The Kier molecular flexibility index (Phi) is 5.05. The minimum atomic E-state index is -0.0550. The molecule has 1 N–H and O–H groups in total. The van der Waals surface area contributed by atoms with Crippen molar-refractivity contribution >= 4 is 40.6 Å². The quantitative estimate of drug-likeness (QED) is 0.681. The molecule has 1 atom stereocenters. The van der Waals surface area contributed by atoms with Crippen molar-refractivity contribution in [3.63, 3.8) is 0 Å². The van der Waals surface area contributed by atoms with Gasteiger partial charge < -0.3 is 5.32 Å². The molecule has 0 aliphatic carbocycles. The third-order valence-electron chi connectivity index (χ3n) is 4.37. The normalized spacial score (nSPS) is 15.2. The number of carbonyl (C=O) groups is 1. The fourth-order valence-electron chi connectivity index (χ4n) is 2.95. The monoisotopic (exact) mass is 399 g/mol. The zero-order valence-electron chi connectivity index (χ0n) is 14.7. The van der Waals surface area contributed by atoms with Crippen LogP contribution in [0.3, 0.4) is 0 Å². The van der Waals surface area contributed by atoms with Crippen LogP contribution in [0.1, 0.15) is 30.8 Å². The van der Waals surface area contributed by atoms with Crippen molar-refractivity contribution in [3.8, 4) is 11.3 Å². The van der Waals surface area contributed by atoms with E-state index in [9.17, 15) is 4.79 Å². The van der Waals surface area contributed by atoms with Crippen molar-refractivity contribution in [2.75, 3.05) is 16.8 Å². The summed E-state index contributed by atoms with van der Waals surface area (Å²) in [5.74, 6) is 1.24. The first-order valence-corrected chi connectivity index (χ1v) is 9.97. The van der Waals surface area contributed by atoms with Crippen molar-refractivity contribution in [1.29, 1.82) is 0 Å². The number of hydrogen-bond donors (Lipinski definition) is 1. The third kappa shape index (κ3) is 3.94. The van der Waals surface area contributed by atoms with Crippen LogP contribution in [0.25, 0.3) is 11.3 Å². The maximum absolute atomic E-state index is 11.9. The second-order valence-electron chi connectivity index (χ2n) is 6.33. The number of anilines is 2. The number of carbonyl (C=O) groups excluding carboxylic acids is 1. The van der Waals surface area contributed by atoms with Crippen molar-refractivity contribution in [3.05, 3.63) is 51.9 Å². The van der Waals surface area contributed by atoms with Gasteiger partial charge in [-0.25, -0.2) is 9.97 Å². The number of nitrogens with zero attached hydrogens (tertiary/aromatic N) is 4. The first-order chi connectivity index (χ1) is 13.1. The highest BCUT2D eigenvalue weighted by Gasteiger charge is 2.23. The highest BCUT2D eigenvalue weighted by Crippen LogP contribution is 2.28. The lowest BCUT2D eigenvalue weighted by atomic mass is 10.2. The molecule has 0 unspecified atom stereocenters. The molecule has 3 heterocycles. The van der Waals surface area contributed by atoms with E-state index < -0.39 is 0 Å². The van der Waals surface area contributed by atoms with Crippen LogP contribution >= 0.6 is 22.9 Å². The van der Waals surface area contributed by atoms with E-state index in [4.69, 9.17) is 16.6 Å². The van der Waals surface area contributed by atoms with Crippen LogP contribution in [0, 0.1) is 0 Å². The smallest absolute Gasteiger partial charge is 0.228 e. The summed E-state index contributed by atoms with van der Waals surface area (Å²) in [6, 6.07) is 9.34. The van der Waals surface area contributed by atoms with Gasteiger partial charge in [-0.05, 0) is 31.5 Å². The van der Waals surface area contributed by atoms with Crippen LogP contribution in [-0.2, 0) is 4.79 Å². The Morgan fingerprint density at radius 3 is 2.78 bits per heavy atom. The highest BCUT2D eigenvalue weighted by molar-refractivity contribution is 7.10. The fraction of sp³-hybridized carbons (Fsp3) is 0.263. The van der Waals surface area contributed by atoms with Gasteiger partial charge in [0.15, 0.2) is 0 Å². The van der Waals surface area contributed by atoms with Gasteiger partial charge in [-0.3, -0.25) is 9.69 Å². The highest BCUT2D eigenvalue weighted by atomic mass is 35.5. The predicted octanol–water partition coefficient (Wildman–Crippen LogP) is 4.55. The van der Waals surface area contributed by atoms with E-state index >= 15 is 0 Å². The molecule has 0 bridgehead atoms. The molecule has 0 spiro atoms. The number of benzene rings is 1. The molecule has 0 saturated carbocycles. The van der Waals surface area contributed by atoms with Crippen LogP contribution in [-0.4, -0.2) is 27.4 Å². The van der Waals surface area contributed by atoms with E-state index in [0.29, 0.717) is 29.8 Å². The molecule has 138 valence electrons. The van der Waals surface area contributed by atoms with Gasteiger partial charge in [0.2, 0.25) is 11.9 Å². The lowest BCUT2D eigenvalue weighted by Crippen LogP contribution is -2.25. The predicted molar refractivity (Wildman–Crippen MR) is 108 cm³/mol. The van der Waals surface area contributed by atoms with Crippen molar-refractivity contribution in [1.82, 2.24) is 15.0 Å². The molecule has 8 heteroatoms. The van der Waals surface area contributed by atoms with E-state index in [1.165, 1.54) is 0 Å². The van der Waals surface area contributed by atoms with Crippen LogP contribution in [0.4, 0.5) is 11.8 Å². The average molecular weight is 400 g/mol. The molecular weight excluding hydrogens is 382 g/mol. The summed E-state index contributed by atoms with van der Waals surface area (Å²) < 4.78 is 0. The van der Waals surface area contributed by atoms with Crippen LogP contribution in [0.2, 0.25) is 5.02 Å². The first kappa shape index (κ1) is 17.9. The lowest BCUT2D eigenvalue weighted by molar-refractivity contribution is -0.117. The van der Waals surface area contributed by atoms with Gasteiger partial charge in [0.25, 0.3) is 0 Å². The SMILES string of the molecule is C[C@H](Nc1nccc(N2CCCC2=O)n1)c1nc(-c2ccc(Cl)cc2)cs1. The molecule has 0 radical (unpaired) electrons. The zero-order chi connectivity index (χ0) is 18.8. The van der Waals surface area contributed by atoms with Gasteiger partial charge >= 0.3 is 0 Å². The summed E-state index contributed by atoms with van der Waals surface area (Å²) in [5.41, 5.74) is 1.94. The Balaban J connectivity index is 1.49. The Hall–Kier alpha value is -2.51. The molecular formula is C19H18ClN5OS. The van der Waals surface area contributed by atoms with E-state index in [1.54, 1.807) is 28.5 Å². The molecule has 1 aliphatic rings. The largest absolute Gasteiger partial charge is 0.345 e. The number of amides is 1. The Morgan fingerprint density at radius 1 is 1.22 bits per heavy atom. The molecule has 1 aromatic carbocycles. The maximum atomic E-state index is 11.9. The van der Waals surface area contributed by atoms with Crippen molar-refractivity contribution in [2.24, 2.45) is 0 Å². The van der Waals surface area contributed by atoms with Gasteiger partial charge in [-0.1, -0.05) is 23.7 Å². The van der Waals surface area contributed by atoms with E-state index in [-0.39, 0.29) is 11.9 Å². The molecule has 3 aromatic rings. The summed E-state index contributed by atoms with van der Waals surface area (Å²) >= 11 is 7.53. The number of rotatable bonds is 5. The Bertz CT molecular complexity index is 959. The first-order valence-electron chi connectivity index (χ1n) is 8.71. The third-order valence-corrected chi connectivity index (χ3v) is 5.65. The van der Waals surface area contributed by atoms with E-state index in [1.807, 2.05) is 36.6 Å². The summed E-state index contributed by atoms with van der Waals surface area (Å²) in [6.07, 6.45) is 3.12. The molecule has 6 nitrogen and oxygen atoms in total. The molecule has 2 aromatic heterocycles. The Morgan fingerprint density at radius 2 is 2.04 bits per heavy atom. The molecule has 1 fully saturated rings. The minimum absolute atomic E-state index is 0.0550.